The second-order valence-corrected chi connectivity index (χ2v) is 8.86. The Balaban J connectivity index is 1.54. The lowest BCUT2D eigenvalue weighted by atomic mass is 9.96. The van der Waals surface area contributed by atoms with Gasteiger partial charge in [-0.05, 0) is 82.9 Å². The van der Waals surface area contributed by atoms with Gasteiger partial charge in [-0.1, -0.05) is 0 Å². The van der Waals surface area contributed by atoms with Crippen molar-refractivity contribution in [1.29, 1.82) is 0 Å². The van der Waals surface area contributed by atoms with E-state index in [0.29, 0.717) is 73.6 Å². The van der Waals surface area contributed by atoms with Crippen molar-refractivity contribution in [3.63, 3.8) is 0 Å². The summed E-state index contributed by atoms with van der Waals surface area (Å²) in [5.41, 5.74) is 0.956. The van der Waals surface area contributed by atoms with Gasteiger partial charge in [0.2, 0.25) is 5.75 Å². The minimum atomic E-state index is -0.786. The molecular weight excluding hydrogens is 504 g/mol. The first-order valence-electron chi connectivity index (χ1n) is 13.5. The van der Waals surface area contributed by atoms with Crippen LogP contribution >= 0.6 is 0 Å². The predicted octanol–water partition coefficient (Wildman–Crippen LogP) is 4.70. The number of rotatable bonds is 12. The van der Waals surface area contributed by atoms with Crippen LogP contribution in [0.1, 0.15) is 61.3 Å². The van der Waals surface area contributed by atoms with E-state index in [1.807, 2.05) is 25.7 Å². The Morgan fingerprint density at radius 1 is 0.821 bits per heavy atom. The van der Waals surface area contributed by atoms with Crippen LogP contribution in [-0.2, 0) is 4.74 Å². The van der Waals surface area contributed by atoms with Gasteiger partial charge < -0.3 is 33.9 Å². The Labute approximate surface area is 229 Å². The third kappa shape index (κ3) is 8.27. The first kappa shape index (κ1) is 29.6. The maximum Gasteiger partial charge on any atom is 0.513 e. The van der Waals surface area contributed by atoms with E-state index in [1.54, 1.807) is 43.3 Å². The SMILES string of the molecule is CCOC(=O)Oc1ccc(C(=O)NCC2CCN(C(=O)c3cc(OCC)c(OCC)c(OCC)c3)CC2)cc1. The fraction of sp³-hybridized carbons (Fsp3) is 0.483. The molecule has 2 amide bonds. The number of nitrogens with one attached hydrogen (secondary N) is 1. The van der Waals surface area contributed by atoms with Crippen LogP contribution < -0.4 is 24.3 Å². The number of hydrogen-bond acceptors (Lipinski definition) is 8. The normalized spacial score (nSPS) is 13.4. The molecule has 2 aromatic rings. The number of ether oxygens (including phenoxy) is 5. The average Bonchev–Trinajstić information content (AvgIpc) is 2.94. The highest BCUT2D eigenvalue weighted by Gasteiger charge is 2.26. The molecule has 10 heteroatoms. The molecule has 0 radical (unpaired) electrons. The molecule has 0 atom stereocenters. The van der Waals surface area contributed by atoms with E-state index in [2.05, 4.69) is 5.32 Å². The molecule has 0 aliphatic carbocycles. The zero-order valence-electron chi connectivity index (χ0n) is 23.1. The first-order valence-corrected chi connectivity index (χ1v) is 13.5. The molecule has 10 nitrogen and oxygen atoms in total. The highest BCUT2D eigenvalue weighted by molar-refractivity contribution is 5.96. The molecule has 0 spiro atoms. The van der Waals surface area contributed by atoms with Crippen molar-refractivity contribution < 1.29 is 38.1 Å². The quantitative estimate of drug-likeness (QED) is 0.303. The molecule has 212 valence electrons. The summed E-state index contributed by atoms with van der Waals surface area (Å²) >= 11 is 0. The molecule has 1 fully saturated rings. The maximum atomic E-state index is 13.3. The predicted molar refractivity (Wildman–Crippen MR) is 145 cm³/mol. The van der Waals surface area contributed by atoms with E-state index in [1.165, 1.54) is 0 Å². The van der Waals surface area contributed by atoms with Crippen molar-refractivity contribution in [3.05, 3.63) is 47.5 Å². The first-order chi connectivity index (χ1) is 18.9. The summed E-state index contributed by atoms with van der Waals surface area (Å²) in [7, 11) is 0. The largest absolute Gasteiger partial charge is 0.513 e. The van der Waals surface area contributed by atoms with Gasteiger partial charge in [-0.3, -0.25) is 9.59 Å². The molecule has 0 unspecified atom stereocenters. The molecule has 1 aliphatic rings. The molecule has 2 aromatic carbocycles. The molecule has 0 saturated carbocycles. The monoisotopic (exact) mass is 542 g/mol. The minimum absolute atomic E-state index is 0.0902. The number of amides is 2. The van der Waals surface area contributed by atoms with Crippen molar-refractivity contribution in [2.45, 2.75) is 40.5 Å². The second-order valence-electron chi connectivity index (χ2n) is 8.86. The molecule has 0 bridgehead atoms. The van der Waals surface area contributed by atoms with Gasteiger partial charge in [-0.15, -0.1) is 0 Å². The number of hydrogen-bond donors (Lipinski definition) is 1. The number of nitrogens with zero attached hydrogens (tertiary/aromatic N) is 1. The number of benzene rings is 2. The third-order valence-corrected chi connectivity index (χ3v) is 6.19. The number of carbonyl (C=O) groups is 3. The van der Waals surface area contributed by atoms with Gasteiger partial charge in [-0.25, -0.2) is 4.79 Å². The van der Waals surface area contributed by atoms with Gasteiger partial charge in [0.1, 0.15) is 5.75 Å². The Kier molecular flexibility index (Phi) is 11.3. The molecular formula is C29H38N2O8. The fourth-order valence-corrected chi connectivity index (χ4v) is 4.29. The van der Waals surface area contributed by atoms with Crippen molar-refractivity contribution in [3.8, 4) is 23.0 Å². The van der Waals surface area contributed by atoms with Crippen LogP contribution in [0, 0.1) is 5.92 Å². The molecule has 1 saturated heterocycles. The van der Waals surface area contributed by atoms with Crippen LogP contribution in [0.4, 0.5) is 4.79 Å². The summed E-state index contributed by atoms with van der Waals surface area (Å²) in [6.45, 7) is 10.6. The Bertz CT molecular complexity index is 1080. The number of carbonyl (C=O) groups excluding carboxylic acids is 3. The van der Waals surface area contributed by atoms with E-state index in [-0.39, 0.29) is 24.3 Å². The van der Waals surface area contributed by atoms with Crippen molar-refractivity contribution >= 4 is 18.0 Å². The van der Waals surface area contributed by atoms with E-state index in [9.17, 15) is 14.4 Å². The minimum Gasteiger partial charge on any atom is -0.490 e. The summed E-state index contributed by atoms with van der Waals surface area (Å²) in [5, 5.41) is 2.96. The van der Waals surface area contributed by atoms with Crippen LogP contribution in [0.5, 0.6) is 23.0 Å². The van der Waals surface area contributed by atoms with Crippen LogP contribution in [-0.4, -0.2) is 68.9 Å². The molecule has 1 aliphatic heterocycles. The van der Waals surface area contributed by atoms with Crippen LogP contribution in [0.15, 0.2) is 36.4 Å². The molecule has 1 N–H and O–H groups in total. The Morgan fingerprint density at radius 3 is 1.95 bits per heavy atom. The maximum absolute atomic E-state index is 13.3. The lowest BCUT2D eigenvalue weighted by Crippen LogP contribution is -2.41. The fourth-order valence-electron chi connectivity index (χ4n) is 4.29. The van der Waals surface area contributed by atoms with Gasteiger partial charge in [0.15, 0.2) is 11.5 Å². The average molecular weight is 543 g/mol. The van der Waals surface area contributed by atoms with E-state index >= 15 is 0 Å². The highest BCUT2D eigenvalue weighted by Crippen LogP contribution is 2.39. The summed E-state index contributed by atoms with van der Waals surface area (Å²) in [6.07, 6.45) is 0.754. The zero-order chi connectivity index (χ0) is 28.2. The lowest BCUT2D eigenvalue weighted by molar-refractivity contribution is 0.0683. The Morgan fingerprint density at radius 2 is 1.41 bits per heavy atom. The standard InChI is InChI=1S/C29H38N2O8/c1-5-35-24-17-22(18-25(36-6-2)26(24)37-7-3)28(33)31-15-13-20(14-16-31)19-30-27(32)21-9-11-23(12-10-21)39-29(34)38-8-4/h9-12,17-18,20H,5-8,13-16,19H2,1-4H3,(H,30,32). The smallest absolute Gasteiger partial charge is 0.490 e. The summed E-state index contributed by atoms with van der Waals surface area (Å²) in [4.78, 5) is 39.2. The van der Waals surface area contributed by atoms with Gasteiger partial charge in [0.25, 0.3) is 11.8 Å². The molecule has 3 rings (SSSR count). The van der Waals surface area contributed by atoms with Gasteiger partial charge >= 0.3 is 6.16 Å². The van der Waals surface area contributed by atoms with E-state index in [4.69, 9.17) is 23.7 Å². The lowest BCUT2D eigenvalue weighted by Gasteiger charge is -2.32. The molecule has 39 heavy (non-hydrogen) atoms. The number of likely N-dealkylation sites (tertiary alicyclic amines) is 1. The molecule has 0 aromatic heterocycles. The van der Waals surface area contributed by atoms with Crippen LogP contribution in [0.3, 0.4) is 0 Å². The van der Waals surface area contributed by atoms with Crippen LogP contribution in [0.25, 0.3) is 0 Å². The van der Waals surface area contributed by atoms with E-state index in [0.717, 1.165) is 12.8 Å². The van der Waals surface area contributed by atoms with Gasteiger partial charge in [0, 0.05) is 30.8 Å². The number of piperidine rings is 1. The summed E-state index contributed by atoms with van der Waals surface area (Å²) < 4.78 is 27.0. The van der Waals surface area contributed by atoms with Crippen molar-refractivity contribution in [1.82, 2.24) is 10.2 Å². The Hall–Kier alpha value is -3.95. The highest BCUT2D eigenvalue weighted by atomic mass is 16.7. The van der Waals surface area contributed by atoms with Gasteiger partial charge in [-0.2, -0.15) is 0 Å². The summed E-state index contributed by atoms with van der Waals surface area (Å²) in [5.74, 6) is 1.75. The topological polar surface area (TPSA) is 113 Å². The zero-order valence-corrected chi connectivity index (χ0v) is 23.1. The van der Waals surface area contributed by atoms with Crippen LogP contribution in [0.2, 0.25) is 0 Å². The van der Waals surface area contributed by atoms with Crippen molar-refractivity contribution in [2.24, 2.45) is 5.92 Å². The van der Waals surface area contributed by atoms with Crippen molar-refractivity contribution in [2.75, 3.05) is 46.1 Å². The third-order valence-electron chi connectivity index (χ3n) is 6.19. The second kappa shape index (κ2) is 14.8. The summed E-state index contributed by atoms with van der Waals surface area (Å²) in [6, 6.07) is 9.71. The van der Waals surface area contributed by atoms with E-state index < -0.39 is 6.16 Å². The molecule has 1 heterocycles. The van der Waals surface area contributed by atoms with Gasteiger partial charge in [0.05, 0.1) is 26.4 Å².